The molecule has 0 unspecified atom stereocenters. The fourth-order valence-corrected chi connectivity index (χ4v) is 3.30. The smallest absolute Gasteiger partial charge is 0.258 e. The Morgan fingerprint density at radius 1 is 1.07 bits per heavy atom. The van der Waals surface area contributed by atoms with Gasteiger partial charge in [0.15, 0.2) is 0 Å². The minimum Gasteiger partial charge on any atom is -0.493 e. The van der Waals surface area contributed by atoms with Crippen molar-refractivity contribution in [1.82, 2.24) is 29.7 Å². The van der Waals surface area contributed by atoms with Crippen LogP contribution in [0.25, 0.3) is 5.95 Å². The standard InChI is InChI=1S/C20H28N8OS/c1-5-21-17-23-18(27(6-2)7-3)25-19(24-17)28-14-22-20(26-28)30-13-12-29-16-10-8-15(4)9-11-16/h8-11,14H,5-7,12-13H2,1-4H3,(H,21,23,24,25). The van der Waals surface area contributed by atoms with Gasteiger partial charge < -0.3 is 15.0 Å². The van der Waals surface area contributed by atoms with E-state index in [-0.39, 0.29) is 0 Å². The number of benzene rings is 1. The van der Waals surface area contributed by atoms with Crippen molar-refractivity contribution in [3.63, 3.8) is 0 Å². The predicted octanol–water partition coefficient (Wildman–Crippen LogP) is 3.21. The molecule has 30 heavy (non-hydrogen) atoms. The molecule has 0 saturated carbocycles. The number of hydrogen-bond acceptors (Lipinski definition) is 9. The lowest BCUT2D eigenvalue weighted by Crippen LogP contribution is -2.25. The van der Waals surface area contributed by atoms with Crippen LogP contribution in [0, 0.1) is 6.92 Å². The topological polar surface area (TPSA) is 93.9 Å². The van der Waals surface area contributed by atoms with E-state index < -0.39 is 0 Å². The Morgan fingerprint density at radius 3 is 2.53 bits per heavy atom. The van der Waals surface area contributed by atoms with E-state index in [0.29, 0.717) is 29.6 Å². The van der Waals surface area contributed by atoms with Crippen molar-refractivity contribution in [2.75, 3.05) is 42.2 Å². The Balaban J connectivity index is 1.64. The zero-order chi connectivity index (χ0) is 21.3. The highest BCUT2D eigenvalue weighted by atomic mass is 32.2. The first-order valence-electron chi connectivity index (χ1n) is 10.1. The fraction of sp³-hybridized carbons (Fsp3) is 0.450. The van der Waals surface area contributed by atoms with Gasteiger partial charge in [-0.15, -0.1) is 5.10 Å². The van der Waals surface area contributed by atoms with Gasteiger partial charge in [-0.05, 0) is 39.8 Å². The summed E-state index contributed by atoms with van der Waals surface area (Å²) in [6, 6.07) is 8.02. The van der Waals surface area contributed by atoms with Crippen molar-refractivity contribution in [2.45, 2.75) is 32.9 Å². The monoisotopic (exact) mass is 428 g/mol. The van der Waals surface area contributed by atoms with Gasteiger partial charge in [0.05, 0.1) is 6.61 Å². The van der Waals surface area contributed by atoms with Crippen LogP contribution in [0.15, 0.2) is 35.7 Å². The molecular weight excluding hydrogens is 400 g/mol. The first kappa shape index (κ1) is 21.8. The minimum atomic E-state index is 0.443. The van der Waals surface area contributed by atoms with Crippen LogP contribution in [0.4, 0.5) is 11.9 Å². The number of nitrogens with one attached hydrogen (secondary N) is 1. The summed E-state index contributed by atoms with van der Waals surface area (Å²) in [4.78, 5) is 20.0. The molecule has 160 valence electrons. The van der Waals surface area contributed by atoms with Crippen LogP contribution in [0.3, 0.4) is 0 Å². The molecule has 2 heterocycles. The third kappa shape index (κ3) is 5.82. The van der Waals surface area contributed by atoms with Crippen molar-refractivity contribution in [1.29, 1.82) is 0 Å². The molecule has 3 aromatic rings. The number of hydrogen-bond donors (Lipinski definition) is 1. The lowest BCUT2D eigenvalue weighted by molar-refractivity contribution is 0.344. The van der Waals surface area contributed by atoms with Gasteiger partial charge in [-0.3, -0.25) is 0 Å². The van der Waals surface area contributed by atoms with Gasteiger partial charge in [0.2, 0.25) is 17.1 Å². The second kappa shape index (κ2) is 10.8. The molecule has 1 N–H and O–H groups in total. The lowest BCUT2D eigenvalue weighted by atomic mass is 10.2. The van der Waals surface area contributed by atoms with Crippen molar-refractivity contribution < 1.29 is 4.74 Å². The van der Waals surface area contributed by atoms with Gasteiger partial charge >= 0.3 is 0 Å². The van der Waals surface area contributed by atoms with Crippen LogP contribution in [-0.2, 0) is 0 Å². The van der Waals surface area contributed by atoms with Crippen LogP contribution in [0.2, 0.25) is 0 Å². The maximum absolute atomic E-state index is 5.75. The van der Waals surface area contributed by atoms with Crippen LogP contribution < -0.4 is 15.0 Å². The van der Waals surface area contributed by atoms with Gasteiger partial charge in [-0.2, -0.15) is 19.6 Å². The van der Waals surface area contributed by atoms with Gasteiger partial charge in [0.25, 0.3) is 5.95 Å². The Labute approximate surface area is 181 Å². The number of anilines is 2. The Hall–Kier alpha value is -2.88. The van der Waals surface area contributed by atoms with E-state index in [1.165, 1.54) is 17.3 Å². The van der Waals surface area contributed by atoms with E-state index in [1.54, 1.807) is 11.0 Å². The molecule has 0 atom stereocenters. The molecule has 9 nitrogen and oxygen atoms in total. The molecule has 1 aromatic carbocycles. The van der Waals surface area contributed by atoms with Gasteiger partial charge in [0, 0.05) is 25.4 Å². The number of thioether (sulfide) groups is 1. The number of nitrogens with zero attached hydrogens (tertiary/aromatic N) is 7. The summed E-state index contributed by atoms with van der Waals surface area (Å²) < 4.78 is 7.34. The first-order valence-corrected chi connectivity index (χ1v) is 11.1. The highest BCUT2D eigenvalue weighted by Crippen LogP contribution is 2.17. The molecule has 0 amide bonds. The summed E-state index contributed by atoms with van der Waals surface area (Å²) in [6.45, 7) is 11.1. The molecule has 10 heteroatoms. The Kier molecular flexibility index (Phi) is 7.83. The summed E-state index contributed by atoms with van der Waals surface area (Å²) in [5.41, 5.74) is 1.21. The van der Waals surface area contributed by atoms with E-state index in [1.807, 2.05) is 31.2 Å². The van der Waals surface area contributed by atoms with Crippen molar-refractivity contribution in [3.8, 4) is 11.7 Å². The predicted molar refractivity (Wildman–Crippen MR) is 120 cm³/mol. The molecule has 3 rings (SSSR count). The highest BCUT2D eigenvalue weighted by molar-refractivity contribution is 7.99. The molecule has 0 radical (unpaired) electrons. The molecular formula is C20H28N8OS. The molecule has 0 spiro atoms. The van der Waals surface area contributed by atoms with Crippen LogP contribution >= 0.6 is 11.8 Å². The van der Waals surface area contributed by atoms with E-state index in [4.69, 9.17) is 4.74 Å². The van der Waals surface area contributed by atoms with Crippen molar-refractivity contribution in [3.05, 3.63) is 36.2 Å². The zero-order valence-corrected chi connectivity index (χ0v) is 18.7. The van der Waals surface area contributed by atoms with Crippen molar-refractivity contribution in [2.24, 2.45) is 0 Å². The highest BCUT2D eigenvalue weighted by Gasteiger charge is 2.14. The summed E-state index contributed by atoms with van der Waals surface area (Å²) in [5.74, 6) is 3.20. The molecule has 2 aromatic heterocycles. The number of aryl methyl sites for hydroxylation is 1. The minimum absolute atomic E-state index is 0.443. The van der Waals surface area contributed by atoms with Gasteiger partial charge in [0.1, 0.15) is 12.1 Å². The molecule has 0 aliphatic heterocycles. The Morgan fingerprint density at radius 2 is 1.83 bits per heavy atom. The summed E-state index contributed by atoms with van der Waals surface area (Å²) in [6.07, 6.45) is 1.63. The average Bonchev–Trinajstić information content (AvgIpc) is 3.23. The number of rotatable bonds is 11. The molecule has 0 aliphatic carbocycles. The van der Waals surface area contributed by atoms with Gasteiger partial charge in [-0.25, -0.2) is 4.98 Å². The van der Waals surface area contributed by atoms with E-state index in [9.17, 15) is 0 Å². The van der Waals surface area contributed by atoms with E-state index >= 15 is 0 Å². The van der Waals surface area contributed by atoms with E-state index in [0.717, 1.165) is 31.1 Å². The maximum Gasteiger partial charge on any atom is 0.258 e. The van der Waals surface area contributed by atoms with E-state index in [2.05, 4.69) is 56.0 Å². The molecule has 0 saturated heterocycles. The second-order valence-electron chi connectivity index (χ2n) is 6.44. The number of ether oxygens (including phenoxy) is 1. The molecule has 0 aliphatic rings. The SMILES string of the molecule is CCNc1nc(N(CC)CC)nc(-n2cnc(SCCOc3ccc(C)cc3)n2)n1. The number of aromatic nitrogens is 6. The molecule has 0 bridgehead atoms. The summed E-state index contributed by atoms with van der Waals surface area (Å²) in [5, 5.41) is 8.31. The van der Waals surface area contributed by atoms with Crippen LogP contribution in [0.1, 0.15) is 26.3 Å². The normalized spacial score (nSPS) is 10.8. The van der Waals surface area contributed by atoms with Crippen LogP contribution in [-0.4, -0.2) is 61.7 Å². The lowest BCUT2D eigenvalue weighted by Gasteiger charge is -2.19. The quantitative estimate of drug-likeness (QED) is 0.365. The Bertz CT molecular complexity index is 927. The fourth-order valence-electron chi connectivity index (χ4n) is 2.68. The first-order chi connectivity index (χ1) is 14.6. The summed E-state index contributed by atoms with van der Waals surface area (Å²) in [7, 11) is 0. The largest absolute Gasteiger partial charge is 0.493 e. The van der Waals surface area contributed by atoms with Crippen molar-refractivity contribution >= 4 is 23.7 Å². The average molecular weight is 429 g/mol. The van der Waals surface area contributed by atoms with Crippen LogP contribution in [0.5, 0.6) is 5.75 Å². The third-order valence-corrected chi connectivity index (χ3v) is 5.09. The molecule has 0 fully saturated rings. The zero-order valence-electron chi connectivity index (χ0n) is 17.9. The second-order valence-corrected chi connectivity index (χ2v) is 7.51. The maximum atomic E-state index is 5.75. The van der Waals surface area contributed by atoms with Gasteiger partial charge in [-0.1, -0.05) is 29.5 Å². The third-order valence-electron chi connectivity index (χ3n) is 4.27. The summed E-state index contributed by atoms with van der Waals surface area (Å²) >= 11 is 1.53.